The van der Waals surface area contributed by atoms with Crippen LogP contribution in [0.5, 0.6) is 0 Å². The topological polar surface area (TPSA) is 99.4 Å². The zero-order chi connectivity index (χ0) is 12.4. The summed E-state index contributed by atoms with van der Waals surface area (Å²) in [4.78, 5) is 22.8. The molecule has 2 heterocycles. The first-order valence-corrected chi connectivity index (χ1v) is 6.00. The Hall–Kier alpha value is -2.18. The molecule has 0 aromatic carbocycles. The molecule has 0 atom stereocenters. The molecule has 1 aliphatic rings. The van der Waals surface area contributed by atoms with E-state index in [0.717, 1.165) is 24.4 Å². The van der Waals surface area contributed by atoms with E-state index in [-0.39, 0.29) is 11.7 Å². The lowest BCUT2D eigenvalue weighted by atomic mass is 10.3. The molecule has 0 spiro atoms. The van der Waals surface area contributed by atoms with Crippen LogP contribution in [-0.2, 0) is 6.42 Å². The monoisotopic (exact) mass is 246 g/mol. The lowest BCUT2D eigenvalue weighted by Crippen LogP contribution is -2.26. The predicted octanol–water partition coefficient (Wildman–Crippen LogP) is 0.378. The normalized spacial score (nSPS) is 14.7. The summed E-state index contributed by atoms with van der Waals surface area (Å²) in [6.07, 6.45) is 6.34. The average molecular weight is 246 g/mol. The summed E-state index contributed by atoms with van der Waals surface area (Å²) < 4.78 is 0. The van der Waals surface area contributed by atoms with Gasteiger partial charge in [0.15, 0.2) is 0 Å². The fraction of sp³-hybridized carbons (Fsp3) is 0.455. The maximum Gasteiger partial charge on any atom is 0.290 e. The van der Waals surface area contributed by atoms with Crippen LogP contribution in [0.2, 0.25) is 0 Å². The molecule has 2 aromatic heterocycles. The molecule has 0 radical (unpaired) electrons. The van der Waals surface area contributed by atoms with E-state index in [4.69, 9.17) is 0 Å². The van der Waals surface area contributed by atoms with Gasteiger partial charge in [-0.15, -0.1) is 5.10 Å². The zero-order valence-electron chi connectivity index (χ0n) is 9.81. The molecule has 2 aromatic rings. The number of hydrogen-bond acceptors (Lipinski definition) is 4. The second kappa shape index (κ2) is 4.59. The maximum absolute atomic E-state index is 11.7. The standard InChI is InChI=1S/C11H14N6O/c18-11(13-4-3-8-5-12-6-14-8)10-15-9(16-17-10)7-1-2-7/h5-7H,1-4H2,(H,12,14)(H,13,18)(H,15,16,17). The predicted molar refractivity (Wildman–Crippen MR) is 63.0 cm³/mol. The number of nitrogens with one attached hydrogen (secondary N) is 3. The summed E-state index contributed by atoms with van der Waals surface area (Å²) in [5, 5.41) is 9.52. The number of carbonyl (C=O) groups excluding carboxylic acids is 1. The van der Waals surface area contributed by atoms with E-state index in [2.05, 4.69) is 30.5 Å². The minimum atomic E-state index is -0.238. The van der Waals surface area contributed by atoms with E-state index >= 15 is 0 Å². The van der Waals surface area contributed by atoms with Gasteiger partial charge in [0.05, 0.1) is 6.33 Å². The fourth-order valence-electron chi connectivity index (χ4n) is 1.73. The van der Waals surface area contributed by atoms with E-state index in [1.165, 1.54) is 0 Å². The van der Waals surface area contributed by atoms with Crippen LogP contribution in [0.25, 0.3) is 0 Å². The molecule has 1 amide bonds. The van der Waals surface area contributed by atoms with E-state index in [1.54, 1.807) is 12.5 Å². The Morgan fingerprint density at radius 1 is 1.50 bits per heavy atom. The Morgan fingerprint density at radius 3 is 3.11 bits per heavy atom. The molecule has 18 heavy (non-hydrogen) atoms. The van der Waals surface area contributed by atoms with Gasteiger partial charge in [-0.2, -0.15) is 0 Å². The van der Waals surface area contributed by atoms with Crippen LogP contribution >= 0.6 is 0 Å². The van der Waals surface area contributed by atoms with Gasteiger partial charge in [-0.25, -0.2) is 9.97 Å². The Labute approximate surface area is 103 Å². The molecule has 0 bridgehead atoms. The summed E-state index contributed by atoms with van der Waals surface area (Å²) in [7, 11) is 0. The largest absolute Gasteiger partial charge is 0.349 e. The summed E-state index contributed by atoms with van der Waals surface area (Å²) in [6.45, 7) is 0.536. The molecule has 3 N–H and O–H groups in total. The van der Waals surface area contributed by atoms with Gasteiger partial charge in [-0.1, -0.05) is 0 Å². The van der Waals surface area contributed by atoms with Gasteiger partial charge in [0.25, 0.3) is 5.91 Å². The molecule has 7 heteroatoms. The Kier molecular flexibility index (Phi) is 2.79. The van der Waals surface area contributed by atoms with Crippen molar-refractivity contribution in [2.75, 3.05) is 6.54 Å². The quantitative estimate of drug-likeness (QED) is 0.710. The van der Waals surface area contributed by atoms with Gasteiger partial charge < -0.3 is 10.3 Å². The minimum absolute atomic E-state index is 0.224. The third-order valence-corrected chi connectivity index (χ3v) is 2.90. The van der Waals surface area contributed by atoms with Gasteiger partial charge in [0.1, 0.15) is 5.82 Å². The van der Waals surface area contributed by atoms with Gasteiger partial charge in [0, 0.05) is 30.8 Å². The summed E-state index contributed by atoms with van der Waals surface area (Å²) in [6, 6.07) is 0. The molecular formula is C11H14N6O. The number of hydrogen-bond donors (Lipinski definition) is 3. The minimum Gasteiger partial charge on any atom is -0.349 e. The number of nitrogens with zero attached hydrogens (tertiary/aromatic N) is 3. The van der Waals surface area contributed by atoms with Crippen molar-refractivity contribution in [1.29, 1.82) is 0 Å². The number of aromatic amines is 2. The van der Waals surface area contributed by atoms with Crippen molar-refractivity contribution in [2.45, 2.75) is 25.2 Å². The number of carbonyl (C=O) groups is 1. The Bertz CT molecular complexity index is 527. The number of H-pyrrole nitrogens is 2. The van der Waals surface area contributed by atoms with Crippen LogP contribution in [0.15, 0.2) is 12.5 Å². The molecule has 0 unspecified atom stereocenters. The molecule has 0 saturated heterocycles. The van der Waals surface area contributed by atoms with Crippen LogP contribution in [0.3, 0.4) is 0 Å². The lowest BCUT2D eigenvalue weighted by molar-refractivity contribution is 0.0944. The smallest absolute Gasteiger partial charge is 0.290 e. The number of imidazole rings is 1. The maximum atomic E-state index is 11.7. The highest BCUT2D eigenvalue weighted by molar-refractivity contribution is 5.90. The first-order chi connectivity index (χ1) is 8.83. The highest BCUT2D eigenvalue weighted by Gasteiger charge is 2.28. The van der Waals surface area contributed by atoms with Crippen LogP contribution in [-0.4, -0.2) is 37.6 Å². The Balaban J connectivity index is 1.50. The van der Waals surface area contributed by atoms with Gasteiger partial charge in [-0.3, -0.25) is 9.89 Å². The number of rotatable bonds is 5. The molecule has 0 aliphatic heterocycles. The molecular weight excluding hydrogens is 232 g/mol. The average Bonchev–Trinajstić information content (AvgIpc) is 2.92. The first kappa shape index (κ1) is 10.9. The molecule has 7 nitrogen and oxygen atoms in total. The highest BCUT2D eigenvalue weighted by Crippen LogP contribution is 2.37. The van der Waals surface area contributed by atoms with E-state index in [0.29, 0.717) is 18.9 Å². The number of amides is 1. The lowest BCUT2D eigenvalue weighted by Gasteiger charge is -2.00. The van der Waals surface area contributed by atoms with Gasteiger partial charge >= 0.3 is 0 Å². The van der Waals surface area contributed by atoms with Crippen molar-refractivity contribution in [3.05, 3.63) is 29.9 Å². The molecule has 3 rings (SSSR count). The molecule has 1 aliphatic carbocycles. The summed E-state index contributed by atoms with van der Waals surface area (Å²) in [5.41, 5.74) is 0.990. The molecule has 1 saturated carbocycles. The second-order valence-electron chi connectivity index (χ2n) is 4.40. The second-order valence-corrected chi connectivity index (χ2v) is 4.40. The van der Waals surface area contributed by atoms with E-state index in [1.807, 2.05) is 0 Å². The Morgan fingerprint density at radius 2 is 2.39 bits per heavy atom. The summed E-state index contributed by atoms with van der Waals surface area (Å²) in [5.74, 6) is 1.29. The van der Waals surface area contributed by atoms with Gasteiger partial charge in [-0.05, 0) is 12.8 Å². The van der Waals surface area contributed by atoms with Crippen molar-refractivity contribution >= 4 is 5.91 Å². The highest BCUT2D eigenvalue weighted by atomic mass is 16.2. The first-order valence-electron chi connectivity index (χ1n) is 6.00. The SMILES string of the molecule is O=C(NCCc1cnc[nH]1)c1n[nH]c(C2CC2)n1. The van der Waals surface area contributed by atoms with Crippen LogP contribution in [0, 0.1) is 0 Å². The van der Waals surface area contributed by atoms with Crippen molar-refractivity contribution in [3.63, 3.8) is 0 Å². The van der Waals surface area contributed by atoms with E-state index in [9.17, 15) is 4.79 Å². The van der Waals surface area contributed by atoms with Crippen molar-refractivity contribution in [2.24, 2.45) is 0 Å². The van der Waals surface area contributed by atoms with E-state index < -0.39 is 0 Å². The van der Waals surface area contributed by atoms with Crippen molar-refractivity contribution in [3.8, 4) is 0 Å². The van der Waals surface area contributed by atoms with Crippen molar-refractivity contribution < 1.29 is 4.79 Å². The summed E-state index contributed by atoms with van der Waals surface area (Å²) >= 11 is 0. The molecule has 94 valence electrons. The third kappa shape index (κ3) is 2.39. The van der Waals surface area contributed by atoms with Crippen LogP contribution in [0.4, 0.5) is 0 Å². The third-order valence-electron chi connectivity index (χ3n) is 2.90. The molecule has 1 fully saturated rings. The van der Waals surface area contributed by atoms with Crippen LogP contribution < -0.4 is 5.32 Å². The van der Waals surface area contributed by atoms with Crippen molar-refractivity contribution in [1.82, 2.24) is 30.5 Å². The zero-order valence-corrected chi connectivity index (χ0v) is 9.81. The number of aromatic nitrogens is 5. The van der Waals surface area contributed by atoms with Gasteiger partial charge in [0.2, 0.25) is 5.82 Å². The van der Waals surface area contributed by atoms with Crippen LogP contribution in [0.1, 0.15) is 40.9 Å². The fourth-order valence-corrected chi connectivity index (χ4v) is 1.73.